The molecule has 4 atom stereocenters. The average Bonchev–Trinajstić information content (AvgIpc) is 2.77. The molecule has 4 nitrogen and oxygen atoms in total. The Morgan fingerprint density at radius 2 is 2.05 bits per heavy atom. The van der Waals surface area contributed by atoms with E-state index in [2.05, 4.69) is 40.5 Å². The lowest BCUT2D eigenvalue weighted by molar-refractivity contribution is -0.123. The molecule has 0 aromatic rings. The Labute approximate surface area is 114 Å². The molecule has 19 heavy (non-hydrogen) atoms. The molecule has 2 fully saturated rings. The molecular formula is C15H23N3O. The second kappa shape index (κ2) is 5.88. The van der Waals surface area contributed by atoms with Gasteiger partial charge >= 0.3 is 0 Å². The first kappa shape index (κ1) is 12.9. The van der Waals surface area contributed by atoms with Gasteiger partial charge in [-0.1, -0.05) is 30.7 Å². The largest absolute Gasteiger partial charge is 0.312 e. The van der Waals surface area contributed by atoms with E-state index in [0.29, 0.717) is 18.0 Å². The van der Waals surface area contributed by atoms with Gasteiger partial charge in [-0.2, -0.15) is 0 Å². The highest BCUT2D eigenvalue weighted by molar-refractivity contribution is 5.81. The molecular weight excluding hydrogens is 238 g/mol. The fraction of sp³-hybridized carbons (Fsp3) is 0.667. The highest BCUT2D eigenvalue weighted by atomic mass is 16.2. The van der Waals surface area contributed by atoms with E-state index in [4.69, 9.17) is 0 Å². The van der Waals surface area contributed by atoms with Crippen LogP contribution in [0.25, 0.3) is 0 Å². The number of rotatable bonds is 0. The van der Waals surface area contributed by atoms with E-state index in [-0.39, 0.29) is 11.8 Å². The van der Waals surface area contributed by atoms with Gasteiger partial charge in [0, 0.05) is 18.6 Å². The molecule has 2 saturated heterocycles. The van der Waals surface area contributed by atoms with Crippen molar-refractivity contribution in [3.05, 3.63) is 24.3 Å². The van der Waals surface area contributed by atoms with Crippen LogP contribution < -0.4 is 16.2 Å². The number of allylic oxidation sites excluding steroid dienone is 3. The summed E-state index contributed by atoms with van der Waals surface area (Å²) in [6.45, 7) is 0.800. The zero-order valence-corrected chi connectivity index (χ0v) is 11.3. The summed E-state index contributed by atoms with van der Waals surface area (Å²) < 4.78 is 0. The summed E-state index contributed by atoms with van der Waals surface area (Å²) in [4.78, 5) is 11.8. The first-order valence-electron chi connectivity index (χ1n) is 7.46. The van der Waals surface area contributed by atoms with Gasteiger partial charge in [-0.15, -0.1) is 0 Å². The molecule has 2 heterocycles. The zero-order valence-electron chi connectivity index (χ0n) is 11.3. The number of carbonyl (C=O) groups excluding carboxylic acids is 1. The third-order valence-electron chi connectivity index (χ3n) is 4.64. The predicted molar refractivity (Wildman–Crippen MR) is 75.2 cm³/mol. The van der Waals surface area contributed by atoms with Crippen LogP contribution in [0.5, 0.6) is 0 Å². The molecule has 0 saturated carbocycles. The van der Waals surface area contributed by atoms with Crippen molar-refractivity contribution < 1.29 is 4.79 Å². The monoisotopic (exact) mass is 261 g/mol. The number of hydrogen-bond acceptors (Lipinski definition) is 3. The maximum absolute atomic E-state index is 11.8. The Hall–Kier alpha value is -1.13. The minimum atomic E-state index is 0.105. The number of carbonyl (C=O) groups is 1. The predicted octanol–water partition coefficient (Wildman–Crippen LogP) is 1.27. The molecule has 3 rings (SSSR count). The van der Waals surface area contributed by atoms with Crippen LogP contribution in [-0.2, 0) is 4.79 Å². The average molecular weight is 261 g/mol. The normalized spacial score (nSPS) is 42.4. The Morgan fingerprint density at radius 3 is 3.00 bits per heavy atom. The Morgan fingerprint density at radius 1 is 1.16 bits per heavy atom. The quantitative estimate of drug-likeness (QED) is 0.615. The molecule has 104 valence electrons. The van der Waals surface area contributed by atoms with Crippen LogP contribution in [-0.4, -0.2) is 24.5 Å². The van der Waals surface area contributed by atoms with Gasteiger partial charge in [-0.25, -0.2) is 5.43 Å². The summed E-state index contributed by atoms with van der Waals surface area (Å²) in [5.41, 5.74) is 6.04. The molecule has 1 aliphatic carbocycles. The number of nitrogens with one attached hydrogen (secondary N) is 3. The van der Waals surface area contributed by atoms with Crippen LogP contribution in [0.2, 0.25) is 0 Å². The number of amides is 1. The summed E-state index contributed by atoms with van der Waals surface area (Å²) in [6, 6.07) is 0.796. The Balaban J connectivity index is 1.74. The van der Waals surface area contributed by atoms with Crippen molar-refractivity contribution in [2.75, 3.05) is 6.54 Å². The van der Waals surface area contributed by atoms with Gasteiger partial charge in [0.05, 0.1) is 5.92 Å². The molecule has 4 heteroatoms. The molecule has 2 aliphatic heterocycles. The second-order valence-electron chi connectivity index (χ2n) is 5.82. The lowest BCUT2D eigenvalue weighted by Gasteiger charge is -2.39. The van der Waals surface area contributed by atoms with Crippen molar-refractivity contribution in [1.29, 1.82) is 0 Å². The maximum atomic E-state index is 11.8. The Kier molecular flexibility index (Phi) is 3.99. The van der Waals surface area contributed by atoms with E-state index in [1.54, 1.807) is 0 Å². The lowest BCUT2D eigenvalue weighted by atomic mass is 9.76. The van der Waals surface area contributed by atoms with Crippen molar-refractivity contribution in [1.82, 2.24) is 16.2 Å². The van der Waals surface area contributed by atoms with Crippen LogP contribution in [0.1, 0.15) is 32.1 Å². The maximum Gasteiger partial charge on any atom is 0.240 e. The number of hydrazine groups is 1. The van der Waals surface area contributed by atoms with Crippen molar-refractivity contribution in [2.45, 2.75) is 44.2 Å². The fourth-order valence-electron chi connectivity index (χ4n) is 3.58. The molecule has 1 amide bonds. The van der Waals surface area contributed by atoms with Gasteiger partial charge in [-0.05, 0) is 31.6 Å². The fourth-order valence-corrected chi connectivity index (χ4v) is 3.58. The minimum absolute atomic E-state index is 0.105. The summed E-state index contributed by atoms with van der Waals surface area (Å²) in [5, 5.41) is 3.58. The lowest BCUT2D eigenvalue weighted by Crippen LogP contribution is -2.56. The summed E-state index contributed by atoms with van der Waals surface area (Å²) >= 11 is 0. The van der Waals surface area contributed by atoms with Gasteiger partial charge in [-0.3, -0.25) is 10.2 Å². The van der Waals surface area contributed by atoms with Crippen LogP contribution in [0, 0.1) is 11.8 Å². The first-order valence-corrected chi connectivity index (χ1v) is 7.46. The molecule has 0 bridgehead atoms. The van der Waals surface area contributed by atoms with Gasteiger partial charge in [0.25, 0.3) is 0 Å². The zero-order chi connectivity index (χ0) is 13.1. The van der Waals surface area contributed by atoms with Crippen molar-refractivity contribution in [2.24, 2.45) is 11.8 Å². The summed E-state index contributed by atoms with van der Waals surface area (Å²) in [6.07, 6.45) is 14.7. The SMILES string of the molecule is O=C1NNC2C1CNC1C/C=C\C=C/CCCCC12. The van der Waals surface area contributed by atoms with Crippen molar-refractivity contribution >= 4 is 5.91 Å². The first-order chi connectivity index (χ1) is 9.36. The third kappa shape index (κ3) is 2.74. The van der Waals surface area contributed by atoms with Crippen molar-refractivity contribution in [3.63, 3.8) is 0 Å². The van der Waals surface area contributed by atoms with E-state index < -0.39 is 0 Å². The number of piperidine rings is 1. The van der Waals surface area contributed by atoms with Gasteiger partial charge in [0.15, 0.2) is 0 Å². The summed E-state index contributed by atoms with van der Waals surface area (Å²) in [5.74, 6) is 0.802. The van der Waals surface area contributed by atoms with E-state index in [1.165, 1.54) is 19.3 Å². The van der Waals surface area contributed by atoms with Gasteiger partial charge in [0.2, 0.25) is 5.91 Å². The summed E-state index contributed by atoms with van der Waals surface area (Å²) in [7, 11) is 0. The van der Waals surface area contributed by atoms with Gasteiger partial charge < -0.3 is 5.32 Å². The third-order valence-corrected chi connectivity index (χ3v) is 4.64. The van der Waals surface area contributed by atoms with Crippen LogP contribution in [0.15, 0.2) is 24.3 Å². The highest BCUT2D eigenvalue weighted by Gasteiger charge is 2.45. The molecule has 0 radical (unpaired) electrons. The molecule has 4 unspecified atom stereocenters. The highest BCUT2D eigenvalue weighted by Crippen LogP contribution is 2.30. The van der Waals surface area contributed by atoms with E-state index >= 15 is 0 Å². The number of hydrogen-bond donors (Lipinski definition) is 3. The van der Waals surface area contributed by atoms with E-state index in [1.807, 2.05) is 0 Å². The molecule has 0 spiro atoms. The Bertz CT molecular complexity index is 391. The standard InChI is InChI=1S/C15H23N3O/c19-15-12-10-16-13-9-7-5-3-1-2-4-6-8-11(13)14(12)17-18-15/h1,3,5,7,11-14,16-17H,2,4,6,8-10H2,(H,18,19)/b3-1-,7-5-. The second-order valence-corrected chi connectivity index (χ2v) is 5.82. The van der Waals surface area contributed by atoms with Gasteiger partial charge in [0.1, 0.15) is 0 Å². The van der Waals surface area contributed by atoms with Crippen LogP contribution in [0.3, 0.4) is 0 Å². The van der Waals surface area contributed by atoms with E-state index in [9.17, 15) is 4.79 Å². The topological polar surface area (TPSA) is 53.2 Å². The molecule has 0 aromatic heterocycles. The molecule has 0 aromatic carbocycles. The van der Waals surface area contributed by atoms with Crippen LogP contribution in [0.4, 0.5) is 0 Å². The number of fused-ring (bicyclic) bond motifs is 3. The van der Waals surface area contributed by atoms with Crippen LogP contribution >= 0.6 is 0 Å². The molecule has 3 aliphatic rings. The van der Waals surface area contributed by atoms with Crippen molar-refractivity contribution in [3.8, 4) is 0 Å². The molecule has 3 N–H and O–H groups in total. The van der Waals surface area contributed by atoms with E-state index in [0.717, 1.165) is 19.4 Å². The minimum Gasteiger partial charge on any atom is -0.312 e. The smallest absolute Gasteiger partial charge is 0.240 e.